The van der Waals surface area contributed by atoms with Crippen LogP contribution in [0.3, 0.4) is 0 Å². The van der Waals surface area contributed by atoms with Gasteiger partial charge < -0.3 is 10.2 Å². The second-order valence-corrected chi connectivity index (χ2v) is 6.95. The summed E-state index contributed by atoms with van der Waals surface area (Å²) in [5, 5.41) is 19.3. The smallest absolute Gasteiger partial charge is 0.122 e. The molecule has 2 nitrogen and oxygen atoms in total. The molecule has 0 bridgehead atoms. The van der Waals surface area contributed by atoms with E-state index in [4.69, 9.17) is 5.11 Å². The van der Waals surface area contributed by atoms with E-state index in [-0.39, 0.29) is 0 Å². The fourth-order valence-corrected chi connectivity index (χ4v) is 2.27. The highest BCUT2D eigenvalue weighted by atomic mass is 16.3. The van der Waals surface area contributed by atoms with E-state index in [0.29, 0.717) is 12.8 Å². The molecular formula is C18H34O2. The molecule has 3 atom stereocenters. The molecule has 0 aliphatic carbocycles. The van der Waals surface area contributed by atoms with Crippen molar-refractivity contribution >= 4 is 0 Å². The molecule has 0 radical (unpaired) electrons. The first kappa shape index (κ1) is 19.5. The molecule has 0 aliphatic rings. The van der Waals surface area contributed by atoms with Crippen LogP contribution in [0.15, 0.2) is 0 Å². The molecule has 0 saturated carbocycles. The first-order valence-corrected chi connectivity index (χ1v) is 8.13. The van der Waals surface area contributed by atoms with Gasteiger partial charge in [-0.3, -0.25) is 0 Å². The van der Waals surface area contributed by atoms with E-state index in [1.165, 1.54) is 19.3 Å². The Morgan fingerprint density at radius 1 is 1.00 bits per heavy atom. The Balaban J connectivity index is 3.82. The highest BCUT2D eigenvalue weighted by Crippen LogP contribution is 2.20. The van der Waals surface area contributed by atoms with Gasteiger partial charge >= 0.3 is 0 Å². The van der Waals surface area contributed by atoms with Crippen molar-refractivity contribution in [3.8, 4) is 11.8 Å². The number of rotatable bonds is 9. The van der Waals surface area contributed by atoms with Crippen molar-refractivity contribution in [3.63, 3.8) is 0 Å². The van der Waals surface area contributed by atoms with Crippen molar-refractivity contribution in [1.29, 1.82) is 0 Å². The third-order valence-corrected chi connectivity index (χ3v) is 3.59. The molecule has 0 fully saturated rings. The number of hydrogen-bond acceptors (Lipinski definition) is 2. The van der Waals surface area contributed by atoms with Gasteiger partial charge in [0, 0.05) is 6.42 Å². The highest BCUT2D eigenvalue weighted by Gasteiger charge is 2.16. The minimum atomic E-state index is -0.910. The first-order chi connectivity index (χ1) is 9.23. The van der Waals surface area contributed by atoms with Gasteiger partial charge in [-0.1, -0.05) is 58.3 Å². The second kappa shape index (κ2) is 10.2. The summed E-state index contributed by atoms with van der Waals surface area (Å²) in [6.07, 6.45) is 6.81. The average molecular weight is 282 g/mol. The van der Waals surface area contributed by atoms with Gasteiger partial charge in [-0.25, -0.2) is 0 Å². The Kier molecular flexibility index (Phi) is 9.98. The molecule has 0 aliphatic heterocycles. The van der Waals surface area contributed by atoms with Gasteiger partial charge in [0.2, 0.25) is 0 Å². The largest absolute Gasteiger partial charge is 0.392 e. The molecule has 0 saturated heterocycles. The predicted octanol–water partition coefficient (Wildman–Crippen LogP) is 4.14. The second-order valence-electron chi connectivity index (χ2n) is 6.95. The van der Waals surface area contributed by atoms with Gasteiger partial charge in [0.05, 0.1) is 6.10 Å². The van der Waals surface area contributed by atoms with Crippen molar-refractivity contribution in [2.24, 2.45) is 11.8 Å². The molecule has 0 rings (SSSR count). The minimum Gasteiger partial charge on any atom is -0.392 e. The van der Waals surface area contributed by atoms with Crippen LogP contribution in [-0.2, 0) is 0 Å². The van der Waals surface area contributed by atoms with Gasteiger partial charge in [-0.2, -0.15) is 0 Å². The van der Waals surface area contributed by atoms with Crippen LogP contribution in [0.2, 0.25) is 0 Å². The zero-order chi connectivity index (χ0) is 15.6. The lowest BCUT2D eigenvalue weighted by molar-refractivity contribution is 0.107. The van der Waals surface area contributed by atoms with Crippen LogP contribution in [0.25, 0.3) is 0 Å². The van der Waals surface area contributed by atoms with E-state index in [1.807, 2.05) is 0 Å². The quantitative estimate of drug-likeness (QED) is 0.624. The van der Waals surface area contributed by atoms with Crippen molar-refractivity contribution in [3.05, 3.63) is 0 Å². The van der Waals surface area contributed by atoms with Crippen molar-refractivity contribution in [2.45, 2.75) is 91.3 Å². The summed E-state index contributed by atoms with van der Waals surface area (Å²) in [6, 6.07) is 0. The third kappa shape index (κ3) is 12.5. The Morgan fingerprint density at radius 3 is 2.15 bits per heavy atom. The van der Waals surface area contributed by atoms with Crippen molar-refractivity contribution < 1.29 is 10.2 Å². The molecule has 0 amide bonds. The summed E-state index contributed by atoms with van der Waals surface area (Å²) in [6.45, 7) is 10.3. The summed E-state index contributed by atoms with van der Waals surface area (Å²) < 4.78 is 0. The lowest BCUT2D eigenvalue weighted by Crippen LogP contribution is -2.21. The van der Waals surface area contributed by atoms with Crippen LogP contribution in [0.5, 0.6) is 0 Å². The maximum atomic E-state index is 10.1. The standard InChI is InChI=1S/C18H34O2/c1-15(2)9-6-10-16(3)11-7-13-18(5,20)14-8-12-17(4)19/h15-17,19-20H,6-7,9-13H2,1-5H3. The summed E-state index contributed by atoms with van der Waals surface area (Å²) in [7, 11) is 0. The molecule has 3 unspecified atom stereocenters. The minimum absolute atomic E-state index is 0.417. The van der Waals surface area contributed by atoms with Gasteiger partial charge in [0.15, 0.2) is 0 Å². The Morgan fingerprint density at radius 2 is 1.60 bits per heavy atom. The number of aliphatic hydroxyl groups excluding tert-OH is 1. The highest BCUT2D eigenvalue weighted by molar-refractivity contribution is 5.12. The topological polar surface area (TPSA) is 40.5 Å². The predicted molar refractivity (Wildman–Crippen MR) is 86.4 cm³/mol. The molecule has 2 N–H and O–H groups in total. The van der Waals surface area contributed by atoms with Crippen molar-refractivity contribution in [1.82, 2.24) is 0 Å². The van der Waals surface area contributed by atoms with Crippen LogP contribution in [-0.4, -0.2) is 21.9 Å². The lowest BCUT2D eigenvalue weighted by Gasteiger charge is -2.18. The zero-order valence-electron chi connectivity index (χ0n) is 14.1. The summed E-state index contributed by atoms with van der Waals surface area (Å²) >= 11 is 0. The van der Waals surface area contributed by atoms with E-state index < -0.39 is 11.7 Å². The molecule has 0 aromatic heterocycles. The van der Waals surface area contributed by atoms with Gasteiger partial charge in [0.1, 0.15) is 5.60 Å². The normalized spacial score (nSPS) is 17.2. The van der Waals surface area contributed by atoms with Gasteiger partial charge in [-0.15, -0.1) is 0 Å². The van der Waals surface area contributed by atoms with E-state index >= 15 is 0 Å². The zero-order valence-corrected chi connectivity index (χ0v) is 14.1. The Labute approximate surface area is 126 Å². The maximum Gasteiger partial charge on any atom is 0.122 e. The SMILES string of the molecule is CC(C)CCCC(C)CCCC(C)(O)C#CCC(C)O. The molecule has 0 aromatic rings. The van der Waals surface area contributed by atoms with Crippen molar-refractivity contribution in [2.75, 3.05) is 0 Å². The summed E-state index contributed by atoms with van der Waals surface area (Å²) in [5.74, 6) is 7.26. The maximum absolute atomic E-state index is 10.1. The first-order valence-electron chi connectivity index (χ1n) is 8.13. The molecule has 118 valence electrons. The summed E-state index contributed by atoms with van der Waals surface area (Å²) in [4.78, 5) is 0. The van der Waals surface area contributed by atoms with Crippen LogP contribution < -0.4 is 0 Å². The number of hydrogen-bond donors (Lipinski definition) is 2. The lowest BCUT2D eigenvalue weighted by atomic mass is 9.92. The fourth-order valence-electron chi connectivity index (χ4n) is 2.27. The van der Waals surface area contributed by atoms with Crippen LogP contribution in [0, 0.1) is 23.7 Å². The molecular weight excluding hydrogens is 248 g/mol. The Bertz CT molecular complexity index is 294. The fraction of sp³-hybridized carbons (Fsp3) is 0.889. The van der Waals surface area contributed by atoms with Gasteiger partial charge in [0.25, 0.3) is 0 Å². The van der Waals surface area contributed by atoms with Gasteiger partial charge in [-0.05, 0) is 38.5 Å². The van der Waals surface area contributed by atoms with E-state index in [0.717, 1.165) is 24.7 Å². The van der Waals surface area contributed by atoms with E-state index in [9.17, 15) is 5.11 Å². The molecule has 0 aromatic carbocycles. The summed E-state index contributed by atoms with van der Waals surface area (Å²) in [5.41, 5.74) is -0.910. The molecule has 0 heterocycles. The van der Waals surface area contributed by atoms with E-state index in [1.54, 1.807) is 13.8 Å². The van der Waals surface area contributed by atoms with Crippen LogP contribution in [0.4, 0.5) is 0 Å². The van der Waals surface area contributed by atoms with Crippen LogP contribution in [0.1, 0.15) is 79.6 Å². The average Bonchev–Trinajstić information content (AvgIpc) is 2.27. The van der Waals surface area contributed by atoms with E-state index in [2.05, 4.69) is 32.6 Å². The molecule has 0 spiro atoms. The Hall–Kier alpha value is -0.520. The number of aliphatic hydroxyl groups is 2. The molecule has 20 heavy (non-hydrogen) atoms. The monoisotopic (exact) mass is 282 g/mol. The van der Waals surface area contributed by atoms with Crippen LogP contribution >= 0.6 is 0 Å². The third-order valence-electron chi connectivity index (χ3n) is 3.59. The molecule has 2 heteroatoms.